The second kappa shape index (κ2) is 11.2. The van der Waals surface area contributed by atoms with E-state index < -0.39 is 0 Å². The highest BCUT2D eigenvalue weighted by Gasteiger charge is 2.48. The number of fused-ring (bicyclic) bond motifs is 4. The van der Waals surface area contributed by atoms with Crippen LogP contribution in [0.15, 0.2) is 10.6 Å². The standard InChI is InChI=1S/C30H39N7O3S/c1-17(16-38-4)33-23-14-24(39-18(2)21-9-7-13-37(21)3)35-29(34-23)26-19-8-5-11-30(27(19)36-40-26)12-6-10-22-25(30)20(15-31)28(32)41-22/h14,17-18,21H,5-13,16,32H2,1-4H3,(H,33,34,35)/t17-,18-,21-,30-/m0/s1. The van der Waals surface area contributed by atoms with E-state index in [9.17, 15) is 5.26 Å². The number of aryl methyl sites for hydroxylation is 1. The molecule has 3 aromatic rings. The molecule has 10 nitrogen and oxygen atoms in total. The van der Waals surface area contributed by atoms with E-state index >= 15 is 0 Å². The van der Waals surface area contributed by atoms with Crippen molar-refractivity contribution in [3.8, 4) is 23.5 Å². The van der Waals surface area contributed by atoms with Crippen LogP contribution in [0.25, 0.3) is 11.6 Å². The number of hydrogen-bond donors (Lipinski definition) is 2. The fourth-order valence-corrected chi connectivity index (χ4v) is 8.40. The van der Waals surface area contributed by atoms with E-state index in [-0.39, 0.29) is 17.6 Å². The van der Waals surface area contributed by atoms with Gasteiger partial charge < -0.3 is 25.0 Å². The van der Waals surface area contributed by atoms with Crippen molar-refractivity contribution in [3.05, 3.63) is 33.3 Å². The van der Waals surface area contributed by atoms with Gasteiger partial charge in [0.1, 0.15) is 23.0 Å². The van der Waals surface area contributed by atoms with Gasteiger partial charge in [0.25, 0.3) is 0 Å². The van der Waals surface area contributed by atoms with Gasteiger partial charge in [-0.15, -0.1) is 11.3 Å². The number of aromatic nitrogens is 3. The molecule has 3 aromatic heterocycles. The molecule has 6 rings (SSSR count). The smallest absolute Gasteiger partial charge is 0.219 e. The zero-order valence-corrected chi connectivity index (χ0v) is 25.1. The van der Waals surface area contributed by atoms with Crippen LogP contribution in [0.5, 0.6) is 5.88 Å². The first-order chi connectivity index (χ1) is 19.8. The van der Waals surface area contributed by atoms with Gasteiger partial charge >= 0.3 is 0 Å². The Balaban J connectivity index is 1.41. The van der Waals surface area contributed by atoms with Crippen molar-refractivity contribution in [3.63, 3.8) is 0 Å². The Labute approximate surface area is 245 Å². The normalized spacial score (nSPS) is 23.5. The Kier molecular flexibility index (Phi) is 7.66. The largest absolute Gasteiger partial charge is 0.473 e. The van der Waals surface area contributed by atoms with Crippen LogP contribution in [-0.2, 0) is 23.0 Å². The Morgan fingerprint density at radius 3 is 2.80 bits per heavy atom. The molecule has 4 atom stereocenters. The number of thiophene rings is 1. The topological polar surface area (TPSA) is 135 Å². The number of nitrogens with zero attached hydrogens (tertiary/aromatic N) is 5. The number of likely N-dealkylation sites (N-methyl/N-ethyl adjacent to an activating group) is 1. The van der Waals surface area contributed by atoms with E-state index in [2.05, 4.69) is 35.4 Å². The third-order valence-electron chi connectivity index (χ3n) is 9.02. The van der Waals surface area contributed by atoms with E-state index in [0.717, 1.165) is 68.3 Å². The molecule has 0 saturated carbocycles. The summed E-state index contributed by atoms with van der Waals surface area (Å²) in [6, 6.07) is 4.62. The summed E-state index contributed by atoms with van der Waals surface area (Å²) in [5.74, 6) is 2.18. The molecule has 4 heterocycles. The number of likely N-dealkylation sites (tertiary alicyclic amines) is 1. The first kappa shape index (κ1) is 27.9. The van der Waals surface area contributed by atoms with Gasteiger partial charge in [0.2, 0.25) is 17.5 Å². The molecule has 3 aliphatic rings. The SMILES string of the molecule is COC[C@H](C)Nc1cc(O[C@@H](C)[C@@H]2CCCN2C)nc(-c2onc3c2CCC[C@@]32CCCc3sc(N)c(C#N)c32)n1. The Hall–Kier alpha value is -3.20. The van der Waals surface area contributed by atoms with Crippen LogP contribution in [-0.4, -0.2) is 65.5 Å². The molecule has 11 heteroatoms. The van der Waals surface area contributed by atoms with Crippen molar-refractivity contribution in [2.45, 2.75) is 88.8 Å². The minimum atomic E-state index is -0.369. The molecule has 1 spiro atoms. The predicted molar refractivity (Wildman–Crippen MR) is 158 cm³/mol. The first-order valence-corrected chi connectivity index (χ1v) is 15.5. The lowest BCUT2D eigenvalue weighted by Crippen LogP contribution is -2.38. The molecule has 1 fully saturated rings. The number of rotatable bonds is 8. The summed E-state index contributed by atoms with van der Waals surface area (Å²) in [5.41, 5.74) is 9.56. The number of anilines is 2. The lowest BCUT2D eigenvalue weighted by atomic mass is 9.62. The fourth-order valence-electron chi connectivity index (χ4n) is 7.23. The van der Waals surface area contributed by atoms with Gasteiger partial charge in [-0.3, -0.25) is 4.90 Å². The van der Waals surface area contributed by atoms with E-state index in [1.54, 1.807) is 18.4 Å². The minimum Gasteiger partial charge on any atom is -0.473 e. The fraction of sp³-hybridized carbons (Fsp3) is 0.600. The van der Waals surface area contributed by atoms with Crippen LogP contribution < -0.4 is 15.8 Å². The van der Waals surface area contributed by atoms with Crippen LogP contribution >= 0.6 is 11.3 Å². The van der Waals surface area contributed by atoms with Crippen molar-refractivity contribution in [2.24, 2.45) is 0 Å². The molecule has 0 bridgehead atoms. The maximum absolute atomic E-state index is 10.0. The Morgan fingerprint density at radius 2 is 2.07 bits per heavy atom. The highest BCUT2D eigenvalue weighted by molar-refractivity contribution is 7.16. The summed E-state index contributed by atoms with van der Waals surface area (Å²) in [7, 11) is 3.83. The molecule has 1 aliphatic heterocycles. The molecule has 1 saturated heterocycles. The molecule has 0 aromatic carbocycles. The van der Waals surface area contributed by atoms with Crippen LogP contribution in [0.3, 0.4) is 0 Å². The third-order valence-corrected chi connectivity index (χ3v) is 10.1. The molecule has 3 N–H and O–H groups in total. The monoisotopic (exact) mass is 577 g/mol. The van der Waals surface area contributed by atoms with Crippen molar-refractivity contribution in [1.29, 1.82) is 5.26 Å². The van der Waals surface area contributed by atoms with Crippen molar-refractivity contribution in [1.82, 2.24) is 20.0 Å². The summed E-state index contributed by atoms with van der Waals surface area (Å²) in [6.07, 6.45) is 7.81. The number of nitrogens with one attached hydrogen (secondary N) is 1. The number of ether oxygens (including phenoxy) is 2. The second-order valence-corrected chi connectivity index (χ2v) is 12.9. The molecular formula is C30H39N7O3S. The highest BCUT2D eigenvalue weighted by atomic mass is 32.1. The summed E-state index contributed by atoms with van der Waals surface area (Å²) in [5, 5.41) is 18.7. The number of methoxy groups -OCH3 is 1. The van der Waals surface area contributed by atoms with Gasteiger partial charge in [0.05, 0.1) is 17.9 Å². The summed E-state index contributed by atoms with van der Waals surface area (Å²) in [6.45, 7) is 5.76. The van der Waals surface area contributed by atoms with Gasteiger partial charge in [-0.05, 0) is 84.4 Å². The van der Waals surface area contributed by atoms with Gasteiger partial charge in [0, 0.05) is 41.1 Å². The number of nitrogen functional groups attached to an aromatic ring is 1. The van der Waals surface area contributed by atoms with E-state index in [4.69, 9.17) is 29.7 Å². The Morgan fingerprint density at radius 1 is 1.27 bits per heavy atom. The summed E-state index contributed by atoms with van der Waals surface area (Å²) >= 11 is 1.55. The van der Waals surface area contributed by atoms with Crippen LogP contribution in [0.4, 0.5) is 10.8 Å². The molecule has 2 aliphatic carbocycles. The molecule has 0 unspecified atom stereocenters. The lowest BCUT2D eigenvalue weighted by Gasteiger charge is -2.39. The zero-order valence-electron chi connectivity index (χ0n) is 24.3. The van der Waals surface area contributed by atoms with Gasteiger partial charge in [-0.2, -0.15) is 10.2 Å². The maximum Gasteiger partial charge on any atom is 0.219 e. The zero-order chi connectivity index (χ0) is 28.7. The van der Waals surface area contributed by atoms with E-state index in [1.807, 2.05) is 13.0 Å². The first-order valence-electron chi connectivity index (χ1n) is 14.7. The van der Waals surface area contributed by atoms with Crippen molar-refractivity contribution in [2.75, 3.05) is 38.4 Å². The molecule has 0 radical (unpaired) electrons. The lowest BCUT2D eigenvalue weighted by molar-refractivity contribution is 0.117. The summed E-state index contributed by atoms with van der Waals surface area (Å²) < 4.78 is 17.9. The number of nitrogens with two attached hydrogens (primary N) is 1. The predicted octanol–water partition coefficient (Wildman–Crippen LogP) is 4.91. The Bertz CT molecular complexity index is 1460. The van der Waals surface area contributed by atoms with E-state index in [0.29, 0.717) is 46.5 Å². The minimum absolute atomic E-state index is 0.0319. The van der Waals surface area contributed by atoms with Crippen LogP contribution in [0, 0.1) is 11.3 Å². The molecular weight excluding hydrogens is 538 g/mol. The summed E-state index contributed by atoms with van der Waals surface area (Å²) in [4.78, 5) is 13.3. The molecule has 218 valence electrons. The third kappa shape index (κ3) is 4.96. The van der Waals surface area contributed by atoms with Crippen molar-refractivity contribution < 1.29 is 14.0 Å². The number of nitriles is 1. The number of hydrogen-bond acceptors (Lipinski definition) is 11. The molecule has 0 amide bonds. The van der Waals surface area contributed by atoms with Crippen LogP contribution in [0.1, 0.15) is 79.6 Å². The van der Waals surface area contributed by atoms with Crippen LogP contribution in [0.2, 0.25) is 0 Å². The molecule has 41 heavy (non-hydrogen) atoms. The highest BCUT2D eigenvalue weighted by Crippen LogP contribution is 2.54. The van der Waals surface area contributed by atoms with Crippen molar-refractivity contribution >= 4 is 22.2 Å². The maximum atomic E-state index is 10.0. The second-order valence-electron chi connectivity index (χ2n) is 11.8. The van der Waals surface area contributed by atoms with Gasteiger partial charge in [-0.25, -0.2) is 4.98 Å². The quantitative estimate of drug-likeness (QED) is 0.380. The van der Waals surface area contributed by atoms with E-state index in [1.165, 1.54) is 11.3 Å². The van der Waals surface area contributed by atoms with Gasteiger partial charge in [0.15, 0.2) is 0 Å². The van der Waals surface area contributed by atoms with Gasteiger partial charge in [-0.1, -0.05) is 5.16 Å². The average Bonchev–Trinajstić information content (AvgIpc) is 3.66. The average molecular weight is 578 g/mol.